The van der Waals surface area contributed by atoms with Crippen LogP contribution in [0.25, 0.3) is 0 Å². The summed E-state index contributed by atoms with van der Waals surface area (Å²) < 4.78 is 5.73. The quantitative estimate of drug-likeness (QED) is 0.604. The predicted octanol–water partition coefficient (Wildman–Crippen LogP) is 4.19. The third-order valence-corrected chi connectivity index (χ3v) is 3.27. The van der Waals surface area contributed by atoms with Gasteiger partial charge in [-0.15, -0.1) is 0 Å². The zero-order chi connectivity index (χ0) is 13.8. The van der Waals surface area contributed by atoms with Crippen LogP contribution in [0.4, 0.5) is 0 Å². The number of hydrogen-bond acceptors (Lipinski definition) is 2. The second kappa shape index (κ2) is 10.9. The minimum absolute atomic E-state index is 0.841. The molecule has 1 rings (SSSR count). The summed E-state index contributed by atoms with van der Waals surface area (Å²) in [6.07, 6.45) is 7.32. The largest absolute Gasteiger partial charge is 0.494 e. The van der Waals surface area contributed by atoms with Crippen molar-refractivity contribution in [2.45, 2.75) is 52.4 Å². The highest BCUT2D eigenvalue weighted by atomic mass is 16.5. The van der Waals surface area contributed by atoms with Crippen molar-refractivity contribution in [3.05, 3.63) is 29.8 Å². The molecule has 0 aliphatic heterocycles. The van der Waals surface area contributed by atoms with Crippen LogP contribution in [0.3, 0.4) is 0 Å². The summed E-state index contributed by atoms with van der Waals surface area (Å²) in [4.78, 5) is 0. The summed E-state index contributed by atoms with van der Waals surface area (Å²) in [5.74, 6) is 1.00. The van der Waals surface area contributed by atoms with Gasteiger partial charge in [-0.05, 0) is 56.5 Å². The molecule has 0 saturated carbocycles. The lowest BCUT2D eigenvalue weighted by Crippen LogP contribution is -2.15. The molecule has 1 N–H and O–H groups in total. The molecule has 19 heavy (non-hydrogen) atoms. The van der Waals surface area contributed by atoms with Gasteiger partial charge < -0.3 is 10.1 Å². The van der Waals surface area contributed by atoms with E-state index in [-0.39, 0.29) is 0 Å². The van der Waals surface area contributed by atoms with Gasteiger partial charge in [0.05, 0.1) is 6.61 Å². The van der Waals surface area contributed by atoms with Crippen LogP contribution < -0.4 is 10.1 Å². The van der Waals surface area contributed by atoms with E-state index >= 15 is 0 Å². The van der Waals surface area contributed by atoms with Crippen LogP contribution in [-0.4, -0.2) is 19.7 Å². The SMILES string of the molecule is CCCNCCCCCCOc1ccc(CC)cc1. The van der Waals surface area contributed by atoms with Crippen LogP contribution in [0.15, 0.2) is 24.3 Å². The standard InChI is InChI=1S/C17H29NO/c1-3-13-18-14-7-5-6-8-15-19-17-11-9-16(4-2)10-12-17/h9-12,18H,3-8,13-15H2,1-2H3. The molecule has 108 valence electrons. The Kier molecular flexibility index (Phi) is 9.17. The van der Waals surface area contributed by atoms with Gasteiger partial charge in [0.1, 0.15) is 5.75 Å². The first-order chi connectivity index (χ1) is 9.36. The van der Waals surface area contributed by atoms with Crippen LogP contribution in [0, 0.1) is 0 Å². The molecule has 0 heterocycles. The second-order valence-corrected chi connectivity index (χ2v) is 5.01. The fourth-order valence-corrected chi connectivity index (χ4v) is 2.02. The van der Waals surface area contributed by atoms with E-state index in [9.17, 15) is 0 Å². The lowest BCUT2D eigenvalue weighted by molar-refractivity contribution is 0.304. The molecule has 0 aliphatic rings. The van der Waals surface area contributed by atoms with E-state index in [1.165, 1.54) is 31.2 Å². The van der Waals surface area contributed by atoms with Gasteiger partial charge in [0, 0.05) is 0 Å². The second-order valence-electron chi connectivity index (χ2n) is 5.01. The van der Waals surface area contributed by atoms with Crippen LogP contribution in [0.5, 0.6) is 5.75 Å². The first kappa shape index (κ1) is 16.0. The van der Waals surface area contributed by atoms with Gasteiger partial charge in [0.25, 0.3) is 0 Å². The minimum Gasteiger partial charge on any atom is -0.494 e. The van der Waals surface area contributed by atoms with E-state index in [1.807, 2.05) is 0 Å². The maximum absolute atomic E-state index is 5.73. The Hall–Kier alpha value is -1.02. The maximum atomic E-state index is 5.73. The topological polar surface area (TPSA) is 21.3 Å². The van der Waals surface area contributed by atoms with Gasteiger partial charge in [0.2, 0.25) is 0 Å². The van der Waals surface area contributed by atoms with E-state index in [4.69, 9.17) is 4.74 Å². The van der Waals surface area contributed by atoms with E-state index in [1.54, 1.807) is 0 Å². The summed E-state index contributed by atoms with van der Waals surface area (Å²) in [5, 5.41) is 3.43. The predicted molar refractivity (Wildman–Crippen MR) is 82.9 cm³/mol. The Morgan fingerprint density at radius 1 is 0.895 bits per heavy atom. The maximum Gasteiger partial charge on any atom is 0.119 e. The third-order valence-electron chi connectivity index (χ3n) is 3.27. The molecule has 0 amide bonds. The first-order valence-electron chi connectivity index (χ1n) is 7.79. The number of rotatable bonds is 11. The van der Waals surface area contributed by atoms with Crippen LogP contribution in [0.1, 0.15) is 51.5 Å². The van der Waals surface area contributed by atoms with E-state index in [0.29, 0.717) is 0 Å². The average Bonchev–Trinajstić information content (AvgIpc) is 2.46. The monoisotopic (exact) mass is 263 g/mol. The van der Waals surface area contributed by atoms with E-state index in [2.05, 4.69) is 43.4 Å². The summed E-state index contributed by atoms with van der Waals surface area (Å²) in [6, 6.07) is 8.45. The molecule has 2 heteroatoms. The van der Waals surface area contributed by atoms with Gasteiger partial charge in [-0.3, -0.25) is 0 Å². The Balaban J connectivity index is 1.95. The average molecular weight is 263 g/mol. The lowest BCUT2D eigenvalue weighted by Gasteiger charge is -2.07. The summed E-state index contributed by atoms with van der Waals surface area (Å²) >= 11 is 0. The van der Waals surface area contributed by atoms with Crippen LogP contribution in [-0.2, 0) is 6.42 Å². The fraction of sp³-hybridized carbons (Fsp3) is 0.647. The molecule has 0 aliphatic carbocycles. The van der Waals surface area contributed by atoms with E-state index < -0.39 is 0 Å². The number of nitrogens with one attached hydrogen (secondary N) is 1. The Morgan fingerprint density at radius 3 is 2.32 bits per heavy atom. The molecule has 0 aromatic heterocycles. The highest BCUT2D eigenvalue weighted by Gasteiger charge is 1.95. The third kappa shape index (κ3) is 7.89. The number of benzene rings is 1. The van der Waals surface area contributed by atoms with Crippen molar-refractivity contribution in [2.24, 2.45) is 0 Å². The molecule has 2 nitrogen and oxygen atoms in total. The van der Waals surface area contributed by atoms with Crippen molar-refractivity contribution >= 4 is 0 Å². The van der Waals surface area contributed by atoms with Crippen molar-refractivity contribution in [3.8, 4) is 5.75 Å². The molecule has 0 radical (unpaired) electrons. The van der Waals surface area contributed by atoms with Crippen molar-refractivity contribution in [2.75, 3.05) is 19.7 Å². The Labute approximate surface area is 118 Å². The Bertz CT molecular complexity index is 308. The smallest absolute Gasteiger partial charge is 0.119 e. The van der Waals surface area contributed by atoms with Crippen molar-refractivity contribution in [1.82, 2.24) is 5.32 Å². The van der Waals surface area contributed by atoms with Gasteiger partial charge in [-0.1, -0.05) is 38.8 Å². The van der Waals surface area contributed by atoms with Crippen molar-refractivity contribution in [3.63, 3.8) is 0 Å². The lowest BCUT2D eigenvalue weighted by atomic mass is 10.2. The summed E-state index contributed by atoms with van der Waals surface area (Å²) in [5.41, 5.74) is 1.37. The molecule has 1 aromatic carbocycles. The highest BCUT2D eigenvalue weighted by molar-refractivity contribution is 5.27. The van der Waals surface area contributed by atoms with E-state index in [0.717, 1.165) is 38.3 Å². The molecule has 0 unspecified atom stereocenters. The number of ether oxygens (including phenoxy) is 1. The number of hydrogen-bond donors (Lipinski definition) is 1. The molecule has 0 bridgehead atoms. The fourth-order valence-electron chi connectivity index (χ4n) is 2.02. The Morgan fingerprint density at radius 2 is 1.63 bits per heavy atom. The van der Waals surface area contributed by atoms with Crippen LogP contribution in [0.2, 0.25) is 0 Å². The van der Waals surface area contributed by atoms with Gasteiger partial charge in [0.15, 0.2) is 0 Å². The number of aryl methyl sites for hydroxylation is 1. The van der Waals surface area contributed by atoms with Crippen LogP contribution >= 0.6 is 0 Å². The van der Waals surface area contributed by atoms with Gasteiger partial charge in [-0.2, -0.15) is 0 Å². The van der Waals surface area contributed by atoms with Gasteiger partial charge >= 0.3 is 0 Å². The minimum atomic E-state index is 0.841. The highest BCUT2D eigenvalue weighted by Crippen LogP contribution is 2.13. The normalized spacial score (nSPS) is 10.6. The molecule has 0 saturated heterocycles. The molecular formula is C17H29NO. The molecule has 1 aromatic rings. The first-order valence-corrected chi connectivity index (χ1v) is 7.79. The number of unbranched alkanes of at least 4 members (excludes halogenated alkanes) is 3. The molecule has 0 spiro atoms. The zero-order valence-corrected chi connectivity index (χ0v) is 12.6. The van der Waals surface area contributed by atoms with Gasteiger partial charge in [-0.25, -0.2) is 0 Å². The summed E-state index contributed by atoms with van der Waals surface area (Å²) in [6.45, 7) is 7.53. The van der Waals surface area contributed by atoms with Crippen molar-refractivity contribution < 1.29 is 4.74 Å². The summed E-state index contributed by atoms with van der Waals surface area (Å²) in [7, 11) is 0. The zero-order valence-electron chi connectivity index (χ0n) is 12.6. The molecule has 0 fully saturated rings. The molecular weight excluding hydrogens is 234 g/mol. The molecule has 0 atom stereocenters. The van der Waals surface area contributed by atoms with Crippen molar-refractivity contribution in [1.29, 1.82) is 0 Å².